The molecule has 0 aromatic heterocycles. The molecule has 0 bridgehead atoms. The molecular formula is C10H16N2O3. The molecule has 0 spiro atoms. The summed E-state index contributed by atoms with van der Waals surface area (Å²) in [6.45, 7) is 4.33. The van der Waals surface area contributed by atoms with E-state index in [9.17, 15) is 10.0 Å². The Morgan fingerprint density at radius 3 is 2.73 bits per heavy atom. The number of allylic oxidation sites excluding steroid dienone is 1. The van der Waals surface area contributed by atoms with Crippen LogP contribution in [0.1, 0.15) is 13.8 Å². The molecular weight excluding hydrogens is 196 g/mol. The van der Waals surface area contributed by atoms with Gasteiger partial charge in [0.1, 0.15) is 6.17 Å². The molecule has 0 saturated heterocycles. The summed E-state index contributed by atoms with van der Waals surface area (Å²) in [5.74, 6) is -0.975. The van der Waals surface area contributed by atoms with E-state index in [0.717, 1.165) is 11.6 Å². The zero-order chi connectivity index (χ0) is 11.6. The molecule has 0 aliphatic carbocycles. The van der Waals surface area contributed by atoms with Gasteiger partial charge in [-0.3, -0.25) is 10.1 Å². The van der Waals surface area contributed by atoms with Crippen molar-refractivity contribution in [2.45, 2.75) is 20.0 Å². The Morgan fingerprint density at radius 1 is 1.67 bits per heavy atom. The van der Waals surface area contributed by atoms with Crippen LogP contribution in [0.15, 0.2) is 23.4 Å². The van der Waals surface area contributed by atoms with Gasteiger partial charge in [0, 0.05) is 5.70 Å². The number of rotatable bonds is 3. The smallest absolute Gasteiger partial charge is 0.335 e. The fourth-order valence-electron chi connectivity index (χ4n) is 1.41. The number of carboxylic acids is 1. The zero-order valence-electron chi connectivity index (χ0n) is 9.14. The highest BCUT2D eigenvalue weighted by Crippen LogP contribution is 2.19. The molecule has 1 unspecified atom stereocenters. The Hall–Kier alpha value is -1.33. The first-order valence-electron chi connectivity index (χ1n) is 4.79. The van der Waals surface area contributed by atoms with Gasteiger partial charge in [-0.1, -0.05) is 6.92 Å². The van der Waals surface area contributed by atoms with E-state index in [-0.39, 0.29) is 5.57 Å². The highest BCUT2D eigenvalue weighted by Gasteiger charge is 2.25. The molecule has 0 aromatic carbocycles. The minimum absolute atomic E-state index is 0.211. The van der Waals surface area contributed by atoms with E-state index >= 15 is 0 Å². The van der Waals surface area contributed by atoms with Crippen molar-refractivity contribution < 1.29 is 15.1 Å². The standard InChI is InChI=1S/C10H16N2O3/c1-4-11(3)9-6-8(10(13)14)5-7(2)12(9)15/h5-6,9,15H,4H2,1-3H3,(H,13,14). The Morgan fingerprint density at radius 2 is 2.27 bits per heavy atom. The van der Waals surface area contributed by atoms with Crippen LogP contribution in [-0.2, 0) is 4.79 Å². The lowest BCUT2D eigenvalue weighted by molar-refractivity contribution is -0.134. The van der Waals surface area contributed by atoms with Gasteiger partial charge in [-0.2, -0.15) is 0 Å². The molecule has 0 radical (unpaired) electrons. The molecule has 2 N–H and O–H groups in total. The maximum absolute atomic E-state index is 10.8. The van der Waals surface area contributed by atoms with Crippen molar-refractivity contribution in [2.75, 3.05) is 13.6 Å². The monoisotopic (exact) mass is 212 g/mol. The van der Waals surface area contributed by atoms with Crippen molar-refractivity contribution in [1.82, 2.24) is 9.96 Å². The summed E-state index contributed by atoms with van der Waals surface area (Å²) >= 11 is 0. The number of likely N-dealkylation sites (N-methyl/N-ethyl adjacent to an activating group) is 1. The van der Waals surface area contributed by atoms with Gasteiger partial charge in [-0.15, -0.1) is 0 Å². The maximum atomic E-state index is 10.8. The third-order valence-electron chi connectivity index (χ3n) is 2.50. The summed E-state index contributed by atoms with van der Waals surface area (Å²) in [4.78, 5) is 12.7. The Bertz CT molecular complexity index is 323. The summed E-state index contributed by atoms with van der Waals surface area (Å²) in [5, 5.41) is 19.7. The van der Waals surface area contributed by atoms with Gasteiger partial charge in [-0.05, 0) is 32.7 Å². The lowest BCUT2D eigenvalue weighted by Crippen LogP contribution is -2.44. The molecule has 0 saturated carbocycles. The molecule has 1 rings (SSSR count). The summed E-state index contributed by atoms with van der Waals surface area (Å²) in [7, 11) is 1.82. The number of nitrogens with zero attached hydrogens (tertiary/aromatic N) is 2. The quantitative estimate of drug-likeness (QED) is 0.727. The van der Waals surface area contributed by atoms with Crippen LogP contribution in [0.25, 0.3) is 0 Å². The molecule has 1 heterocycles. The number of aliphatic carboxylic acids is 1. The molecule has 0 aromatic rings. The van der Waals surface area contributed by atoms with Gasteiger partial charge in [0.15, 0.2) is 0 Å². The predicted molar refractivity (Wildman–Crippen MR) is 55.2 cm³/mol. The molecule has 84 valence electrons. The largest absolute Gasteiger partial charge is 0.478 e. The van der Waals surface area contributed by atoms with Crippen molar-refractivity contribution in [3.8, 4) is 0 Å². The normalized spacial score (nSPS) is 21.4. The lowest BCUT2D eigenvalue weighted by atomic mass is 10.1. The molecule has 5 heteroatoms. The molecule has 0 amide bonds. The van der Waals surface area contributed by atoms with Gasteiger partial charge < -0.3 is 5.11 Å². The van der Waals surface area contributed by atoms with Crippen LogP contribution in [0.2, 0.25) is 0 Å². The van der Waals surface area contributed by atoms with Crippen molar-refractivity contribution >= 4 is 5.97 Å². The Kier molecular flexibility index (Phi) is 3.49. The van der Waals surface area contributed by atoms with Crippen molar-refractivity contribution in [3.05, 3.63) is 23.4 Å². The molecule has 1 aliphatic rings. The van der Waals surface area contributed by atoms with Gasteiger partial charge in [-0.25, -0.2) is 9.86 Å². The Balaban J connectivity index is 2.99. The zero-order valence-corrected chi connectivity index (χ0v) is 9.14. The third-order valence-corrected chi connectivity index (χ3v) is 2.50. The maximum Gasteiger partial charge on any atom is 0.335 e. The molecule has 1 atom stereocenters. The van der Waals surface area contributed by atoms with E-state index in [0.29, 0.717) is 5.70 Å². The number of carbonyl (C=O) groups is 1. The van der Waals surface area contributed by atoms with Gasteiger partial charge in [0.25, 0.3) is 0 Å². The van der Waals surface area contributed by atoms with Crippen LogP contribution >= 0.6 is 0 Å². The van der Waals surface area contributed by atoms with E-state index < -0.39 is 12.1 Å². The molecule has 0 fully saturated rings. The lowest BCUT2D eigenvalue weighted by Gasteiger charge is -2.35. The van der Waals surface area contributed by atoms with Crippen molar-refractivity contribution in [2.24, 2.45) is 0 Å². The first kappa shape index (κ1) is 11.7. The highest BCUT2D eigenvalue weighted by atomic mass is 16.5. The topological polar surface area (TPSA) is 64.0 Å². The van der Waals surface area contributed by atoms with E-state index in [1.54, 1.807) is 6.92 Å². The van der Waals surface area contributed by atoms with Gasteiger partial charge >= 0.3 is 5.97 Å². The SMILES string of the molecule is CCN(C)C1C=C(C(=O)O)C=C(C)N1O. The van der Waals surface area contributed by atoms with Gasteiger partial charge in [0.05, 0.1) is 5.57 Å². The van der Waals surface area contributed by atoms with Crippen LogP contribution in [0, 0.1) is 0 Å². The minimum Gasteiger partial charge on any atom is -0.478 e. The van der Waals surface area contributed by atoms with Crippen molar-refractivity contribution in [1.29, 1.82) is 0 Å². The molecule has 5 nitrogen and oxygen atoms in total. The van der Waals surface area contributed by atoms with E-state index in [4.69, 9.17) is 5.11 Å². The minimum atomic E-state index is -0.975. The first-order chi connectivity index (χ1) is 6.97. The second-order valence-electron chi connectivity index (χ2n) is 3.54. The average Bonchev–Trinajstić information content (AvgIpc) is 2.20. The Labute approximate surface area is 88.9 Å². The number of carboxylic acid groups (broad SMARTS) is 1. The second-order valence-corrected chi connectivity index (χ2v) is 3.54. The fourth-order valence-corrected chi connectivity index (χ4v) is 1.41. The summed E-state index contributed by atoms with van der Waals surface area (Å²) < 4.78 is 0. The fraction of sp³-hybridized carbons (Fsp3) is 0.500. The summed E-state index contributed by atoms with van der Waals surface area (Å²) in [6.07, 6.45) is 2.56. The van der Waals surface area contributed by atoms with Crippen LogP contribution in [0.3, 0.4) is 0 Å². The van der Waals surface area contributed by atoms with Crippen LogP contribution in [0.4, 0.5) is 0 Å². The number of hydroxylamine groups is 2. The molecule has 15 heavy (non-hydrogen) atoms. The van der Waals surface area contributed by atoms with Crippen LogP contribution < -0.4 is 0 Å². The number of hydrogen-bond acceptors (Lipinski definition) is 4. The summed E-state index contributed by atoms with van der Waals surface area (Å²) in [6, 6.07) is 0. The van der Waals surface area contributed by atoms with E-state index in [2.05, 4.69) is 0 Å². The third kappa shape index (κ3) is 2.37. The van der Waals surface area contributed by atoms with E-state index in [1.807, 2.05) is 18.9 Å². The molecule has 1 aliphatic heterocycles. The van der Waals surface area contributed by atoms with Gasteiger partial charge in [0.2, 0.25) is 0 Å². The predicted octanol–water partition coefficient (Wildman–Crippen LogP) is 0.884. The van der Waals surface area contributed by atoms with E-state index in [1.165, 1.54) is 12.2 Å². The van der Waals surface area contributed by atoms with Crippen molar-refractivity contribution in [3.63, 3.8) is 0 Å². The highest BCUT2D eigenvalue weighted by molar-refractivity contribution is 5.90. The first-order valence-corrected chi connectivity index (χ1v) is 4.79. The second kappa shape index (κ2) is 4.46. The van der Waals surface area contributed by atoms with Crippen LogP contribution in [-0.4, -0.2) is 46.0 Å². The number of hydrogen-bond donors (Lipinski definition) is 2. The average molecular weight is 212 g/mol. The summed E-state index contributed by atoms with van der Waals surface area (Å²) in [5.41, 5.74) is 0.739. The van der Waals surface area contributed by atoms with Crippen LogP contribution in [0.5, 0.6) is 0 Å².